The minimum absolute atomic E-state index is 0.0820. The van der Waals surface area contributed by atoms with E-state index < -0.39 is 0 Å². The summed E-state index contributed by atoms with van der Waals surface area (Å²) >= 11 is 0. The molecule has 0 aliphatic heterocycles. The molecule has 2 nitrogen and oxygen atoms in total. The third-order valence-electron chi connectivity index (χ3n) is 3.77. The van der Waals surface area contributed by atoms with Gasteiger partial charge in [-0.3, -0.25) is 4.79 Å². The van der Waals surface area contributed by atoms with E-state index in [9.17, 15) is 4.79 Å². The van der Waals surface area contributed by atoms with Crippen LogP contribution in [0.4, 0.5) is 0 Å². The van der Waals surface area contributed by atoms with Crippen molar-refractivity contribution in [1.29, 1.82) is 0 Å². The zero-order valence-electron chi connectivity index (χ0n) is 13.7. The highest BCUT2D eigenvalue weighted by molar-refractivity contribution is 5.68. The molecule has 0 saturated carbocycles. The summed E-state index contributed by atoms with van der Waals surface area (Å²) in [4.78, 5) is 10.9. The van der Waals surface area contributed by atoms with Gasteiger partial charge in [-0.2, -0.15) is 0 Å². The van der Waals surface area contributed by atoms with E-state index in [0.717, 1.165) is 12.8 Å². The van der Waals surface area contributed by atoms with Crippen molar-refractivity contribution >= 4 is 5.97 Å². The Morgan fingerprint density at radius 1 is 0.800 bits per heavy atom. The maximum absolute atomic E-state index is 10.9. The van der Waals surface area contributed by atoms with E-state index in [0.29, 0.717) is 6.42 Å². The molecule has 0 amide bonds. The Morgan fingerprint density at radius 3 is 1.75 bits per heavy atom. The highest BCUT2D eigenvalue weighted by atomic mass is 16.5. The number of allylic oxidation sites excluding steroid dienone is 1. The van der Waals surface area contributed by atoms with Crippen LogP contribution < -0.4 is 0 Å². The molecule has 0 unspecified atom stereocenters. The molecule has 0 atom stereocenters. The van der Waals surface area contributed by atoms with E-state index in [4.69, 9.17) is 0 Å². The quantitative estimate of drug-likeness (QED) is 0.228. The van der Waals surface area contributed by atoms with Crippen LogP contribution in [0.25, 0.3) is 0 Å². The van der Waals surface area contributed by atoms with Crippen LogP contribution in [0.1, 0.15) is 90.4 Å². The van der Waals surface area contributed by atoms with E-state index in [1.807, 2.05) is 0 Å². The van der Waals surface area contributed by atoms with Crippen LogP contribution in [0, 0.1) is 0 Å². The van der Waals surface area contributed by atoms with Crippen LogP contribution >= 0.6 is 0 Å². The lowest BCUT2D eigenvalue weighted by atomic mass is 10.0. The number of rotatable bonds is 14. The summed E-state index contributed by atoms with van der Waals surface area (Å²) in [5, 5.41) is 0. The molecular formula is C18H34O2. The van der Waals surface area contributed by atoms with Gasteiger partial charge in [0.1, 0.15) is 0 Å². The van der Waals surface area contributed by atoms with Gasteiger partial charge in [-0.15, -0.1) is 0 Å². The summed E-state index contributed by atoms with van der Waals surface area (Å²) in [5.41, 5.74) is 1.43. The number of carbonyl (C=O) groups excluding carboxylic acids is 1. The van der Waals surface area contributed by atoms with Gasteiger partial charge in [0.05, 0.1) is 7.11 Å². The molecule has 0 heterocycles. The van der Waals surface area contributed by atoms with Crippen LogP contribution in [0.5, 0.6) is 0 Å². The van der Waals surface area contributed by atoms with Crippen molar-refractivity contribution in [2.75, 3.05) is 7.11 Å². The topological polar surface area (TPSA) is 26.3 Å². The predicted molar refractivity (Wildman–Crippen MR) is 86.9 cm³/mol. The number of methoxy groups -OCH3 is 1. The van der Waals surface area contributed by atoms with Gasteiger partial charge in [-0.1, -0.05) is 64.0 Å². The summed E-state index contributed by atoms with van der Waals surface area (Å²) in [6.45, 7) is 6.43. The maximum Gasteiger partial charge on any atom is 0.305 e. The molecule has 0 aromatic rings. The molecule has 0 N–H and O–H groups in total. The molecule has 0 radical (unpaired) electrons. The SMILES string of the molecule is C=C(CCCCCCC)CCCCCCCC(=O)OC. The molecule has 0 aliphatic carbocycles. The van der Waals surface area contributed by atoms with Crippen molar-refractivity contribution in [3.63, 3.8) is 0 Å². The van der Waals surface area contributed by atoms with E-state index >= 15 is 0 Å². The first kappa shape index (κ1) is 19.2. The Kier molecular flexibility index (Phi) is 14.0. The standard InChI is InChI=1S/C18H34O2/c1-4-5-6-8-11-14-17(2)15-12-9-7-10-13-16-18(19)20-3/h2,4-16H2,1,3H3. The highest BCUT2D eigenvalue weighted by Gasteiger charge is 2.00. The second kappa shape index (κ2) is 14.6. The van der Waals surface area contributed by atoms with Gasteiger partial charge in [0.25, 0.3) is 0 Å². The predicted octanol–water partition coefficient (Wildman–Crippen LogP) is 5.81. The summed E-state index contributed by atoms with van der Waals surface area (Å²) < 4.78 is 4.62. The first-order valence-corrected chi connectivity index (χ1v) is 8.44. The number of unbranched alkanes of at least 4 members (excludes halogenated alkanes) is 8. The fraction of sp³-hybridized carbons (Fsp3) is 0.833. The molecule has 20 heavy (non-hydrogen) atoms. The minimum Gasteiger partial charge on any atom is -0.469 e. The van der Waals surface area contributed by atoms with Crippen molar-refractivity contribution < 1.29 is 9.53 Å². The second-order valence-corrected chi connectivity index (χ2v) is 5.76. The van der Waals surface area contributed by atoms with Crippen LogP contribution in [0.2, 0.25) is 0 Å². The average Bonchev–Trinajstić information content (AvgIpc) is 2.45. The Labute approximate surface area is 126 Å². The van der Waals surface area contributed by atoms with Crippen LogP contribution in [-0.4, -0.2) is 13.1 Å². The lowest BCUT2D eigenvalue weighted by molar-refractivity contribution is -0.140. The van der Waals surface area contributed by atoms with Crippen LogP contribution in [0.3, 0.4) is 0 Å². The first-order valence-electron chi connectivity index (χ1n) is 8.44. The van der Waals surface area contributed by atoms with Gasteiger partial charge < -0.3 is 4.74 Å². The highest BCUT2D eigenvalue weighted by Crippen LogP contribution is 2.16. The van der Waals surface area contributed by atoms with Crippen LogP contribution in [-0.2, 0) is 9.53 Å². The summed E-state index contributed by atoms with van der Waals surface area (Å²) in [7, 11) is 1.45. The van der Waals surface area contributed by atoms with E-state index in [-0.39, 0.29) is 5.97 Å². The van der Waals surface area contributed by atoms with E-state index in [1.165, 1.54) is 76.9 Å². The number of carbonyl (C=O) groups is 1. The fourth-order valence-corrected chi connectivity index (χ4v) is 2.38. The summed E-state index contributed by atoms with van der Waals surface area (Å²) in [6.07, 6.45) is 15.6. The number of hydrogen-bond donors (Lipinski definition) is 0. The van der Waals surface area contributed by atoms with Gasteiger partial charge in [-0.25, -0.2) is 0 Å². The zero-order chi connectivity index (χ0) is 15.1. The molecule has 0 bridgehead atoms. The Morgan fingerprint density at radius 2 is 1.25 bits per heavy atom. The maximum atomic E-state index is 10.9. The van der Waals surface area contributed by atoms with Gasteiger partial charge in [0.2, 0.25) is 0 Å². The van der Waals surface area contributed by atoms with Crippen molar-refractivity contribution in [3.8, 4) is 0 Å². The third-order valence-corrected chi connectivity index (χ3v) is 3.77. The second-order valence-electron chi connectivity index (χ2n) is 5.76. The zero-order valence-corrected chi connectivity index (χ0v) is 13.7. The van der Waals surface area contributed by atoms with Gasteiger partial charge >= 0.3 is 5.97 Å². The molecule has 118 valence electrons. The molecule has 0 saturated heterocycles. The first-order chi connectivity index (χ1) is 9.70. The molecular weight excluding hydrogens is 248 g/mol. The largest absolute Gasteiger partial charge is 0.469 e. The van der Waals surface area contributed by atoms with E-state index in [2.05, 4.69) is 18.2 Å². The fourth-order valence-electron chi connectivity index (χ4n) is 2.38. The Balaban J connectivity index is 3.21. The van der Waals surface area contributed by atoms with Crippen molar-refractivity contribution in [2.45, 2.75) is 90.4 Å². The summed E-state index contributed by atoms with van der Waals surface area (Å²) in [6, 6.07) is 0. The molecule has 0 aliphatic rings. The normalized spacial score (nSPS) is 10.5. The van der Waals surface area contributed by atoms with Crippen molar-refractivity contribution in [3.05, 3.63) is 12.2 Å². The van der Waals surface area contributed by atoms with E-state index in [1.54, 1.807) is 0 Å². The van der Waals surface area contributed by atoms with Crippen LogP contribution in [0.15, 0.2) is 12.2 Å². The van der Waals surface area contributed by atoms with Gasteiger partial charge in [0.15, 0.2) is 0 Å². The number of hydrogen-bond acceptors (Lipinski definition) is 2. The lowest BCUT2D eigenvalue weighted by Crippen LogP contribution is -1.99. The Bertz CT molecular complexity index is 246. The van der Waals surface area contributed by atoms with Gasteiger partial charge in [0, 0.05) is 6.42 Å². The number of esters is 1. The smallest absolute Gasteiger partial charge is 0.305 e. The minimum atomic E-state index is -0.0820. The average molecular weight is 282 g/mol. The molecule has 0 rings (SSSR count). The number of ether oxygens (including phenoxy) is 1. The molecule has 2 heteroatoms. The van der Waals surface area contributed by atoms with Gasteiger partial charge in [-0.05, 0) is 32.1 Å². The third kappa shape index (κ3) is 13.6. The molecule has 0 aromatic heterocycles. The monoisotopic (exact) mass is 282 g/mol. The lowest BCUT2D eigenvalue weighted by Gasteiger charge is -2.06. The molecule has 0 spiro atoms. The Hall–Kier alpha value is -0.790. The molecule has 0 fully saturated rings. The van der Waals surface area contributed by atoms with Crippen molar-refractivity contribution in [2.24, 2.45) is 0 Å². The van der Waals surface area contributed by atoms with Crippen molar-refractivity contribution in [1.82, 2.24) is 0 Å². The summed E-state index contributed by atoms with van der Waals surface area (Å²) in [5.74, 6) is -0.0820. The molecule has 0 aromatic carbocycles.